The third kappa shape index (κ3) is 3.13. The molecule has 2 heterocycles. The molecule has 0 unspecified atom stereocenters. The molecule has 9 heteroatoms. The Bertz CT molecular complexity index is 945. The second kappa shape index (κ2) is 6.77. The van der Waals surface area contributed by atoms with E-state index in [2.05, 4.69) is 68.6 Å². The fraction of sp³-hybridized carbons (Fsp3) is 0.188. The van der Waals surface area contributed by atoms with Gasteiger partial charge in [-0.05, 0) is 62.6 Å². The Labute approximate surface area is 168 Å². The quantitative estimate of drug-likeness (QED) is 0.459. The van der Waals surface area contributed by atoms with Crippen LogP contribution in [0.15, 0.2) is 49.8 Å². The Balaban J connectivity index is 1.82. The summed E-state index contributed by atoms with van der Waals surface area (Å²) in [6.45, 7) is 0. The van der Waals surface area contributed by atoms with Crippen molar-refractivity contribution in [2.75, 3.05) is 5.32 Å². The van der Waals surface area contributed by atoms with Gasteiger partial charge in [-0.25, -0.2) is 9.07 Å². The van der Waals surface area contributed by atoms with Gasteiger partial charge >= 0.3 is 0 Å². The summed E-state index contributed by atoms with van der Waals surface area (Å²) >= 11 is 10.2. The molecule has 1 aromatic heterocycles. The van der Waals surface area contributed by atoms with E-state index >= 15 is 0 Å². The molecule has 0 saturated heterocycles. The molecule has 25 heavy (non-hydrogen) atoms. The molecule has 128 valence electrons. The molecule has 0 fully saturated rings. The van der Waals surface area contributed by atoms with Crippen LogP contribution in [0.3, 0.4) is 0 Å². The summed E-state index contributed by atoms with van der Waals surface area (Å²) < 4.78 is 18.6. The SMILES string of the molecule is Fc1c(Br)ccc(Br)c1[C@H]1C[C@@H](c2cccc(Br)c2)Nc2nnnn21. The Morgan fingerprint density at radius 1 is 1.12 bits per heavy atom. The summed E-state index contributed by atoms with van der Waals surface area (Å²) in [5.74, 6) is 0.211. The van der Waals surface area contributed by atoms with E-state index in [1.54, 1.807) is 10.7 Å². The summed E-state index contributed by atoms with van der Waals surface area (Å²) in [4.78, 5) is 0. The van der Waals surface area contributed by atoms with Gasteiger partial charge in [0, 0.05) is 14.5 Å². The highest BCUT2D eigenvalue weighted by molar-refractivity contribution is 9.11. The van der Waals surface area contributed by atoms with Crippen LogP contribution in [0.5, 0.6) is 0 Å². The smallest absolute Gasteiger partial charge is 0.243 e. The summed E-state index contributed by atoms with van der Waals surface area (Å²) in [6.07, 6.45) is 0.612. The number of halogens is 4. The summed E-state index contributed by atoms with van der Waals surface area (Å²) in [5.41, 5.74) is 1.62. The van der Waals surface area contributed by atoms with Gasteiger partial charge in [-0.3, -0.25) is 0 Å². The monoisotopic (exact) mass is 529 g/mol. The van der Waals surface area contributed by atoms with E-state index in [0.29, 0.717) is 26.9 Å². The molecule has 0 saturated carbocycles. The number of anilines is 1. The highest BCUT2D eigenvalue weighted by Gasteiger charge is 2.34. The number of tetrazole rings is 1. The average molecular weight is 532 g/mol. The van der Waals surface area contributed by atoms with Gasteiger partial charge < -0.3 is 5.32 Å². The van der Waals surface area contributed by atoms with Gasteiger partial charge in [0.05, 0.1) is 16.6 Å². The molecule has 2 aromatic carbocycles. The Morgan fingerprint density at radius 3 is 2.72 bits per heavy atom. The lowest BCUT2D eigenvalue weighted by Gasteiger charge is -2.31. The van der Waals surface area contributed by atoms with Gasteiger partial charge in [0.25, 0.3) is 0 Å². The molecule has 3 aromatic rings. The molecule has 5 nitrogen and oxygen atoms in total. The van der Waals surface area contributed by atoms with Gasteiger partial charge in [-0.2, -0.15) is 0 Å². The maximum atomic E-state index is 14.9. The zero-order valence-corrected chi connectivity index (χ0v) is 17.4. The van der Waals surface area contributed by atoms with Crippen LogP contribution in [0.2, 0.25) is 0 Å². The van der Waals surface area contributed by atoms with E-state index in [1.165, 1.54) is 0 Å². The second-order valence-electron chi connectivity index (χ2n) is 5.71. The number of nitrogens with zero attached hydrogens (tertiary/aromatic N) is 4. The Morgan fingerprint density at radius 2 is 1.92 bits per heavy atom. The number of fused-ring (bicyclic) bond motifs is 1. The average Bonchev–Trinajstić information content (AvgIpc) is 3.07. The van der Waals surface area contributed by atoms with Gasteiger partial charge in [-0.1, -0.05) is 49.1 Å². The zero-order valence-electron chi connectivity index (χ0n) is 12.6. The van der Waals surface area contributed by atoms with Crippen LogP contribution in [0.4, 0.5) is 10.3 Å². The number of hydrogen-bond donors (Lipinski definition) is 1. The van der Waals surface area contributed by atoms with Gasteiger partial charge in [0.2, 0.25) is 5.95 Å². The fourth-order valence-corrected chi connectivity index (χ4v) is 4.40. The Kier molecular flexibility index (Phi) is 4.63. The lowest BCUT2D eigenvalue weighted by Crippen LogP contribution is -2.29. The zero-order chi connectivity index (χ0) is 17.6. The predicted octanol–water partition coefficient (Wildman–Crippen LogP) is 5.25. The maximum Gasteiger partial charge on any atom is 0.243 e. The van der Waals surface area contributed by atoms with Crippen LogP contribution >= 0.6 is 47.8 Å². The lowest BCUT2D eigenvalue weighted by molar-refractivity contribution is 0.407. The topological polar surface area (TPSA) is 55.6 Å². The highest BCUT2D eigenvalue weighted by Crippen LogP contribution is 2.42. The van der Waals surface area contributed by atoms with Crippen LogP contribution in [0.1, 0.15) is 29.6 Å². The first kappa shape index (κ1) is 17.1. The van der Waals surface area contributed by atoms with Crippen molar-refractivity contribution >= 4 is 53.7 Å². The molecule has 0 aliphatic carbocycles. The number of aromatic nitrogens is 4. The molecular formula is C16H11Br3FN5. The highest BCUT2D eigenvalue weighted by atomic mass is 79.9. The lowest BCUT2D eigenvalue weighted by atomic mass is 9.93. The van der Waals surface area contributed by atoms with E-state index in [4.69, 9.17) is 0 Å². The third-order valence-electron chi connectivity index (χ3n) is 4.21. The van der Waals surface area contributed by atoms with Crippen LogP contribution in [0.25, 0.3) is 0 Å². The third-order valence-corrected chi connectivity index (χ3v) is 6.01. The fourth-order valence-electron chi connectivity index (χ4n) is 3.07. The number of rotatable bonds is 2. The summed E-state index contributed by atoms with van der Waals surface area (Å²) in [7, 11) is 0. The van der Waals surface area contributed by atoms with Gasteiger partial charge in [0.1, 0.15) is 5.82 Å². The van der Waals surface area contributed by atoms with Crippen molar-refractivity contribution in [1.82, 2.24) is 20.2 Å². The normalized spacial score (nSPS) is 19.4. The van der Waals surface area contributed by atoms with E-state index in [-0.39, 0.29) is 17.9 Å². The van der Waals surface area contributed by atoms with Crippen LogP contribution in [-0.4, -0.2) is 20.2 Å². The molecule has 4 rings (SSSR count). The molecule has 1 aliphatic heterocycles. The molecule has 0 spiro atoms. The number of hydrogen-bond acceptors (Lipinski definition) is 4. The molecule has 2 atom stereocenters. The Hall–Kier alpha value is -1.32. The van der Waals surface area contributed by atoms with Crippen molar-refractivity contribution in [3.05, 3.63) is 66.8 Å². The first-order chi connectivity index (χ1) is 12.0. The van der Waals surface area contributed by atoms with Crippen molar-refractivity contribution in [1.29, 1.82) is 0 Å². The summed E-state index contributed by atoms with van der Waals surface area (Å²) in [5, 5.41) is 15.2. The molecular weight excluding hydrogens is 521 g/mol. The number of benzene rings is 2. The van der Waals surface area contributed by atoms with Crippen molar-refractivity contribution < 1.29 is 4.39 Å². The first-order valence-corrected chi connectivity index (χ1v) is 9.85. The van der Waals surface area contributed by atoms with Crippen molar-refractivity contribution in [2.24, 2.45) is 0 Å². The summed E-state index contributed by atoms with van der Waals surface area (Å²) in [6, 6.07) is 11.2. The molecule has 1 N–H and O–H groups in total. The van der Waals surface area contributed by atoms with Crippen LogP contribution in [0, 0.1) is 5.82 Å². The molecule has 0 bridgehead atoms. The van der Waals surface area contributed by atoms with E-state index in [1.807, 2.05) is 30.3 Å². The van der Waals surface area contributed by atoms with E-state index < -0.39 is 0 Å². The second-order valence-corrected chi connectivity index (χ2v) is 8.33. The predicted molar refractivity (Wildman–Crippen MR) is 103 cm³/mol. The maximum absolute atomic E-state index is 14.9. The van der Waals surface area contributed by atoms with Crippen molar-refractivity contribution in [3.63, 3.8) is 0 Å². The number of nitrogens with one attached hydrogen (secondary N) is 1. The van der Waals surface area contributed by atoms with Crippen LogP contribution < -0.4 is 5.32 Å². The van der Waals surface area contributed by atoms with Crippen LogP contribution in [-0.2, 0) is 0 Å². The minimum atomic E-state index is -0.331. The van der Waals surface area contributed by atoms with Gasteiger partial charge in [-0.15, -0.1) is 0 Å². The minimum absolute atomic E-state index is 0.0359. The minimum Gasteiger partial charge on any atom is -0.346 e. The molecule has 0 amide bonds. The van der Waals surface area contributed by atoms with Crippen molar-refractivity contribution in [3.8, 4) is 0 Å². The largest absolute Gasteiger partial charge is 0.346 e. The molecule has 0 radical (unpaired) electrons. The standard InChI is InChI=1S/C16H11Br3FN5/c17-9-3-1-2-8(6-9)12-7-13(25-16(21-12)22-23-24-25)14-10(18)4-5-11(19)15(14)20/h1-6,12-13H,7H2,(H,21,22,24)/t12-,13+/m0/s1. The van der Waals surface area contributed by atoms with Crippen molar-refractivity contribution in [2.45, 2.75) is 18.5 Å². The van der Waals surface area contributed by atoms with Gasteiger partial charge in [0.15, 0.2) is 0 Å². The van der Waals surface area contributed by atoms with E-state index in [9.17, 15) is 4.39 Å². The van der Waals surface area contributed by atoms with E-state index in [0.717, 1.165) is 10.0 Å². The first-order valence-electron chi connectivity index (χ1n) is 7.48. The molecule has 1 aliphatic rings.